The van der Waals surface area contributed by atoms with Crippen molar-refractivity contribution in [3.63, 3.8) is 0 Å². The van der Waals surface area contributed by atoms with Crippen molar-refractivity contribution in [3.8, 4) is 5.75 Å². The van der Waals surface area contributed by atoms with Crippen LogP contribution in [0, 0.1) is 0 Å². The molecule has 0 saturated heterocycles. The van der Waals surface area contributed by atoms with Crippen LogP contribution in [0.15, 0.2) is 78.9 Å². The standard InChI is InChI=1S/C20H14ClNO3/c21-16-11-12-18(25-20(24)15-9-5-2-6-10-15)17(13-16)22-19(23)14-7-3-1-4-8-14/h1-13H,(H,22,23). The van der Waals surface area contributed by atoms with Crippen molar-refractivity contribution in [2.75, 3.05) is 5.32 Å². The molecule has 3 aromatic rings. The van der Waals surface area contributed by atoms with Gasteiger partial charge in [-0.1, -0.05) is 48.0 Å². The van der Waals surface area contributed by atoms with E-state index in [2.05, 4.69) is 5.32 Å². The average molecular weight is 352 g/mol. The molecule has 1 amide bonds. The Morgan fingerprint density at radius 1 is 0.800 bits per heavy atom. The van der Waals surface area contributed by atoms with Crippen molar-refractivity contribution in [2.24, 2.45) is 0 Å². The van der Waals surface area contributed by atoms with Crippen molar-refractivity contribution >= 4 is 29.2 Å². The molecule has 5 heteroatoms. The molecular formula is C20H14ClNO3. The number of halogens is 1. The molecule has 0 unspecified atom stereocenters. The molecule has 0 radical (unpaired) electrons. The molecule has 0 aliphatic carbocycles. The third-order valence-electron chi connectivity index (χ3n) is 3.44. The fraction of sp³-hybridized carbons (Fsp3) is 0. The smallest absolute Gasteiger partial charge is 0.343 e. The number of ether oxygens (including phenoxy) is 1. The van der Waals surface area contributed by atoms with Crippen LogP contribution in [-0.4, -0.2) is 11.9 Å². The maximum atomic E-state index is 12.3. The van der Waals surface area contributed by atoms with Crippen LogP contribution in [0.1, 0.15) is 20.7 Å². The van der Waals surface area contributed by atoms with Crippen LogP contribution in [0.4, 0.5) is 5.69 Å². The van der Waals surface area contributed by atoms with Crippen LogP contribution in [0.3, 0.4) is 0 Å². The Hall–Kier alpha value is -3.11. The molecule has 25 heavy (non-hydrogen) atoms. The SMILES string of the molecule is O=C(Nc1cc(Cl)ccc1OC(=O)c1ccccc1)c1ccccc1. The summed E-state index contributed by atoms with van der Waals surface area (Å²) in [6.45, 7) is 0. The molecule has 124 valence electrons. The summed E-state index contributed by atoms with van der Waals surface area (Å²) in [5.74, 6) is -0.611. The minimum absolute atomic E-state index is 0.225. The van der Waals surface area contributed by atoms with E-state index in [9.17, 15) is 9.59 Å². The topological polar surface area (TPSA) is 55.4 Å². The minimum atomic E-state index is -0.516. The number of carbonyl (C=O) groups is 2. The summed E-state index contributed by atoms with van der Waals surface area (Å²) < 4.78 is 5.41. The second-order valence-electron chi connectivity index (χ2n) is 5.22. The fourth-order valence-corrected chi connectivity index (χ4v) is 2.38. The quantitative estimate of drug-likeness (QED) is 0.542. The number of hydrogen-bond donors (Lipinski definition) is 1. The first-order valence-electron chi connectivity index (χ1n) is 7.56. The van der Waals surface area contributed by atoms with Gasteiger partial charge in [0.25, 0.3) is 5.91 Å². The summed E-state index contributed by atoms with van der Waals surface area (Å²) in [7, 11) is 0. The summed E-state index contributed by atoms with van der Waals surface area (Å²) in [4.78, 5) is 24.6. The number of benzene rings is 3. The van der Waals surface area contributed by atoms with Crippen LogP contribution in [0.2, 0.25) is 5.02 Å². The molecular weight excluding hydrogens is 338 g/mol. The van der Waals surface area contributed by atoms with Gasteiger partial charge in [0, 0.05) is 10.6 Å². The number of carbonyl (C=O) groups excluding carboxylic acids is 2. The zero-order valence-electron chi connectivity index (χ0n) is 13.1. The highest BCUT2D eigenvalue weighted by molar-refractivity contribution is 6.31. The first-order chi connectivity index (χ1) is 12.1. The maximum Gasteiger partial charge on any atom is 0.343 e. The van der Waals surface area contributed by atoms with Crippen molar-refractivity contribution < 1.29 is 14.3 Å². The summed E-state index contributed by atoms with van der Waals surface area (Å²) in [5.41, 5.74) is 1.23. The third-order valence-corrected chi connectivity index (χ3v) is 3.67. The molecule has 0 spiro atoms. The highest BCUT2D eigenvalue weighted by atomic mass is 35.5. The van der Waals surface area contributed by atoms with Crippen LogP contribution < -0.4 is 10.1 Å². The first kappa shape index (κ1) is 16.7. The molecule has 1 N–H and O–H groups in total. The normalized spacial score (nSPS) is 10.1. The molecule has 0 aliphatic rings. The molecule has 3 rings (SSSR count). The number of anilines is 1. The zero-order valence-corrected chi connectivity index (χ0v) is 13.9. The van der Waals surface area contributed by atoms with E-state index in [0.717, 1.165) is 0 Å². The number of amides is 1. The number of esters is 1. The van der Waals surface area contributed by atoms with E-state index in [1.807, 2.05) is 12.1 Å². The van der Waals surface area contributed by atoms with Crippen molar-refractivity contribution in [3.05, 3.63) is 95.0 Å². The maximum absolute atomic E-state index is 12.3. The monoisotopic (exact) mass is 351 g/mol. The van der Waals surface area contributed by atoms with Crippen LogP contribution in [0.5, 0.6) is 5.75 Å². The van der Waals surface area contributed by atoms with Crippen molar-refractivity contribution in [1.29, 1.82) is 0 Å². The molecule has 0 saturated carbocycles. The van der Waals surface area contributed by atoms with E-state index in [0.29, 0.717) is 21.8 Å². The molecule has 0 aromatic heterocycles. The van der Waals surface area contributed by atoms with Crippen LogP contribution in [-0.2, 0) is 0 Å². The highest BCUT2D eigenvalue weighted by Crippen LogP contribution is 2.29. The van der Waals surface area contributed by atoms with Gasteiger partial charge in [0.05, 0.1) is 11.3 Å². The van der Waals surface area contributed by atoms with E-state index in [4.69, 9.17) is 16.3 Å². The van der Waals surface area contributed by atoms with Gasteiger partial charge in [0.15, 0.2) is 5.75 Å². The Morgan fingerprint density at radius 2 is 1.40 bits per heavy atom. The molecule has 3 aromatic carbocycles. The predicted octanol–water partition coefficient (Wildman–Crippen LogP) is 4.81. The van der Waals surface area contributed by atoms with Gasteiger partial charge in [0.2, 0.25) is 0 Å². The van der Waals surface area contributed by atoms with Gasteiger partial charge in [0.1, 0.15) is 0 Å². The number of rotatable bonds is 4. The highest BCUT2D eigenvalue weighted by Gasteiger charge is 2.14. The van der Waals surface area contributed by atoms with E-state index >= 15 is 0 Å². The van der Waals surface area contributed by atoms with E-state index in [1.165, 1.54) is 6.07 Å². The lowest BCUT2D eigenvalue weighted by Gasteiger charge is -2.12. The summed E-state index contributed by atoms with van der Waals surface area (Å²) in [5, 5.41) is 3.14. The fourth-order valence-electron chi connectivity index (χ4n) is 2.21. The minimum Gasteiger partial charge on any atom is -0.421 e. The van der Waals surface area contributed by atoms with Gasteiger partial charge < -0.3 is 10.1 Å². The average Bonchev–Trinajstić information content (AvgIpc) is 2.65. The third kappa shape index (κ3) is 4.25. The largest absolute Gasteiger partial charge is 0.421 e. The molecule has 0 fully saturated rings. The lowest BCUT2D eigenvalue weighted by molar-refractivity contribution is 0.0734. The Balaban J connectivity index is 1.83. The van der Waals surface area contributed by atoms with Gasteiger partial charge in [-0.05, 0) is 42.5 Å². The number of hydrogen-bond acceptors (Lipinski definition) is 3. The predicted molar refractivity (Wildman–Crippen MR) is 97.2 cm³/mol. The Bertz CT molecular complexity index is 895. The van der Waals surface area contributed by atoms with Crippen LogP contribution >= 0.6 is 11.6 Å². The Kier molecular flexibility index (Phi) is 5.11. The lowest BCUT2D eigenvalue weighted by Crippen LogP contribution is -2.14. The van der Waals surface area contributed by atoms with E-state index < -0.39 is 5.97 Å². The van der Waals surface area contributed by atoms with Gasteiger partial charge in [-0.15, -0.1) is 0 Å². The van der Waals surface area contributed by atoms with Crippen molar-refractivity contribution in [2.45, 2.75) is 0 Å². The van der Waals surface area contributed by atoms with Crippen molar-refractivity contribution in [1.82, 2.24) is 0 Å². The van der Waals surface area contributed by atoms with E-state index in [-0.39, 0.29) is 11.7 Å². The van der Waals surface area contributed by atoms with Crippen LogP contribution in [0.25, 0.3) is 0 Å². The molecule has 0 aliphatic heterocycles. The van der Waals surface area contributed by atoms with Gasteiger partial charge in [-0.2, -0.15) is 0 Å². The summed E-state index contributed by atoms with van der Waals surface area (Å²) >= 11 is 6.01. The Morgan fingerprint density at radius 3 is 2.04 bits per heavy atom. The molecule has 0 atom stereocenters. The lowest BCUT2D eigenvalue weighted by atomic mass is 10.2. The van der Waals surface area contributed by atoms with Gasteiger partial charge in [-0.3, -0.25) is 4.79 Å². The van der Waals surface area contributed by atoms with E-state index in [1.54, 1.807) is 60.7 Å². The Labute approximate surface area is 150 Å². The number of nitrogens with one attached hydrogen (secondary N) is 1. The summed E-state index contributed by atoms with van der Waals surface area (Å²) in [6, 6.07) is 22.0. The second-order valence-corrected chi connectivity index (χ2v) is 5.65. The molecule has 0 heterocycles. The summed E-state index contributed by atoms with van der Waals surface area (Å²) in [6.07, 6.45) is 0. The zero-order chi connectivity index (χ0) is 17.6. The second kappa shape index (κ2) is 7.64. The first-order valence-corrected chi connectivity index (χ1v) is 7.94. The van der Waals surface area contributed by atoms with Gasteiger partial charge >= 0.3 is 5.97 Å². The molecule has 4 nitrogen and oxygen atoms in total. The molecule has 0 bridgehead atoms. The van der Waals surface area contributed by atoms with Gasteiger partial charge in [-0.25, -0.2) is 4.79 Å².